The molecule has 0 radical (unpaired) electrons. The van der Waals surface area contributed by atoms with Crippen LogP contribution in [0.5, 0.6) is 5.75 Å². The van der Waals surface area contributed by atoms with Crippen LogP contribution in [0, 0.1) is 5.82 Å². The maximum absolute atomic E-state index is 14.1. The largest absolute Gasteiger partial charge is 0.476 e. The predicted molar refractivity (Wildman–Crippen MR) is 96.3 cm³/mol. The van der Waals surface area contributed by atoms with Crippen LogP contribution in [0.1, 0.15) is 11.7 Å². The molecule has 0 heterocycles. The summed E-state index contributed by atoms with van der Waals surface area (Å²) in [5, 5.41) is 2.49. The number of benzene rings is 3. The van der Waals surface area contributed by atoms with Gasteiger partial charge in [-0.05, 0) is 24.3 Å². The van der Waals surface area contributed by atoms with Crippen molar-refractivity contribution in [3.05, 3.63) is 95.3 Å². The first kappa shape index (κ1) is 17.0. The summed E-state index contributed by atoms with van der Waals surface area (Å²) in [5.41, 5.74) is 0.668. The van der Waals surface area contributed by atoms with E-state index in [4.69, 9.17) is 16.3 Å². The molecule has 0 spiro atoms. The monoisotopic (exact) mass is 355 g/mol. The summed E-state index contributed by atoms with van der Waals surface area (Å²) in [7, 11) is 0. The molecule has 1 amide bonds. The molecule has 0 saturated carbocycles. The standard InChI is InChI=1S/C20H15ClFNO2/c21-16-12-7-13-17(18(16)22)23-20(24)19(14-8-3-1-4-9-14)25-15-10-5-2-6-11-15/h1-13,19H,(H,23,24). The lowest BCUT2D eigenvalue weighted by Gasteiger charge is -2.19. The van der Waals surface area contributed by atoms with Gasteiger partial charge in [0.15, 0.2) is 5.82 Å². The zero-order chi connectivity index (χ0) is 17.6. The molecule has 126 valence electrons. The third kappa shape index (κ3) is 4.17. The summed E-state index contributed by atoms with van der Waals surface area (Å²) in [6.07, 6.45) is -0.929. The second-order valence-corrected chi connectivity index (χ2v) is 5.72. The molecule has 3 nitrogen and oxygen atoms in total. The van der Waals surface area contributed by atoms with Crippen LogP contribution in [0.3, 0.4) is 0 Å². The first-order chi connectivity index (χ1) is 12.1. The first-order valence-electron chi connectivity index (χ1n) is 7.66. The molecule has 0 fully saturated rings. The number of para-hydroxylation sites is 1. The Balaban J connectivity index is 1.88. The molecule has 3 aromatic carbocycles. The molecule has 3 rings (SSSR count). The highest BCUT2D eigenvalue weighted by molar-refractivity contribution is 6.31. The summed E-state index contributed by atoms with van der Waals surface area (Å²) in [4.78, 5) is 12.7. The van der Waals surface area contributed by atoms with Gasteiger partial charge in [-0.1, -0.05) is 66.2 Å². The lowest BCUT2D eigenvalue weighted by atomic mass is 10.1. The number of carbonyl (C=O) groups excluding carboxylic acids is 1. The summed E-state index contributed by atoms with van der Waals surface area (Å²) >= 11 is 5.77. The molecule has 1 N–H and O–H groups in total. The van der Waals surface area contributed by atoms with Gasteiger partial charge in [0.25, 0.3) is 5.91 Å². The van der Waals surface area contributed by atoms with E-state index in [1.165, 1.54) is 12.1 Å². The van der Waals surface area contributed by atoms with Gasteiger partial charge in [0.05, 0.1) is 10.7 Å². The van der Waals surface area contributed by atoms with Crippen molar-refractivity contribution < 1.29 is 13.9 Å². The maximum atomic E-state index is 14.1. The number of carbonyl (C=O) groups is 1. The second-order valence-electron chi connectivity index (χ2n) is 5.31. The van der Waals surface area contributed by atoms with Gasteiger partial charge in [-0.2, -0.15) is 0 Å². The molecular formula is C20H15ClFNO2. The van der Waals surface area contributed by atoms with E-state index in [0.717, 1.165) is 0 Å². The lowest BCUT2D eigenvalue weighted by Crippen LogP contribution is -2.26. The van der Waals surface area contributed by atoms with Gasteiger partial charge in [0, 0.05) is 5.56 Å². The molecule has 0 aliphatic heterocycles. The number of ether oxygens (including phenoxy) is 1. The third-order valence-electron chi connectivity index (χ3n) is 3.55. The fourth-order valence-corrected chi connectivity index (χ4v) is 2.51. The second kappa shape index (κ2) is 7.81. The first-order valence-corrected chi connectivity index (χ1v) is 8.04. The van der Waals surface area contributed by atoms with E-state index in [0.29, 0.717) is 11.3 Å². The Hall–Kier alpha value is -2.85. The zero-order valence-corrected chi connectivity index (χ0v) is 13.9. The number of hydrogen-bond donors (Lipinski definition) is 1. The van der Waals surface area contributed by atoms with E-state index in [-0.39, 0.29) is 10.7 Å². The van der Waals surface area contributed by atoms with E-state index in [9.17, 15) is 9.18 Å². The Morgan fingerprint density at radius 3 is 2.24 bits per heavy atom. The van der Waals surface area contributed by atoms with Gasteiger partial charge in [0.2, 0.25) is 6.10 Å². The minimum atomic E-state index is -0.929. The zero-order valence-electron chi connectivity index (χ0n) is 13.2. The summed E-state index contributed by atoms with van der Waals surface area (Å²) in [5.74, 6) is -0.627. The Bertz CT molecular complexity index is 856. The van der Waals surface area contributed by atoms with Crippen molar-refractivity contribution >= 4 is 23.2 Å². The van der Waals surface area contributed by atoms with Crippen LogP contribution < -0.4 is 10.1 Å². The molecule has 25 heavy (non-hydrogen) atoms. The Kier molecular flexibility index (Phi) is 5.31. The fourth-order valence-electron chi connectivity index (χ4n) is 2.33. The van der Waals surface area contributed by atoms with Crippen LogP contribution in [0.15, 0.2) is 78.9 Å². The molecule has 0 aromatic heterocycles. The minimum absolute atomic E-state index is 0.00935. The van der Waals surface area contributed by atoms with Gasteiger partial charge in [-0.25, -0.2) is 4.39 Å². The van der Waals surface area contributed by atoms with Crippen LogP contribution in [0.2, 0.25) is 5.02 Å². The highest BCUT2D eigenvalue weighted by atomic mass is 35.5. The van der Waals surface area contributed by atoms with E-state index < -0.39 is 17.8 Å². The molecule has 0 saturated heterocycles. The Labute approximate surface area is 150 Å². The molecule has 5 heteroatoms. The Morgan fingerprint density at radius 1 is 0.920 bits per heavy atom. The predicted octanol–water partition coefficient (Wildman–Crippen LogP) is 5.24. The van der Waals surface area contributed by atoms with Gasteiger partial charge < -0.3 is 10.1 Å². The van der Waals surface area contributed by atoms with Crippen molar-refractivity contribution in [2.45, 2.75) is 6.10 Å². The van der Waals surface area contributed by atoms with Gasteiger partial charge >= 0.3 is 0 Å². The van der Waals surface area contributed by atoms with Crippen LogP contribution in [0.25, 0.3) is 0 Å². The van der Waals surface area contributed by atoms with E-state index >= 15 is 0 Å². The topological polar surface area (TPSA) is 38.3 Å². The lowest BCUT2D eigenvalue weighted by molar-refractivity contribution is -0.123. The quantitative estimate of drug-likeness (QED) is 0.679. The molecule has 0 aliphatic carbocycles. The number of hydrogen-bond acceptors (Lipinski definition) is 2. The number of nitrogens with one attached hydrogen (secondary N) is 1. The maximum Gasteiger partial charge on any atom is 0.270 e. The van der Waals surface area contributed by atoms with Crippen molar-refractivity contribution in [2.24, 2.45) is 0 Å². The van der Waals surface area contributed by atoms with Crippen LogP contribution >= 0.6 is 11.6 Å². The summed E-state index contributed by atoms with van der Waals surface area (Å²) in [6.45, 7) is 0. The van der Waals surface area contributed by atoms with Crippen molar-refractivity contribution in [1.29, 1.82) is 0 Å². The number of rotatable bonds is 5. The number of amides is 1. The average molecular weight is 356 g/mol. The van der Waals surface area contributed by atoms with Gasteiger partial charge in [-0.15, -0.1) is 0 Å². The molecule has 1 unspecified atom stereocenters. The Morgan fingerprint density at radius 2 is 1.56 bits per heavy atom. The van der Waals surface area contributed by atoms with Crippen LogP contribution in [-0.2, 0) is 4.79 Å². The third-order valence-corrected chi connectivity index (χ3v) is 3.84. The SMILES string of the molecule is O=C(Nc1cccc(Cl)c1F)C(Oc1ccccc1)c1ccccc1. The molecule has 0 bridgehead atoms. The van der Waals surface area contributed by atoms with Gasteiger partial charge in [0.1, 0.15) is 5.75 Å². The summed E-state index contributed by atoms with van der Waals surface area (Å²) in [6, 6.07) is 22.4. The summed E-state index contributed by atoms with van der Waals surface area (Å²) < 4.78 is 19.9. The van der Waals surface area contributed by atoms with Crippen molar-refractivity contribution in [2.75, 3.05) is 5.32 Å². The van der Waals surface area contributed by atoms with Crippen LogP contribution in [-0.4, -0.2) is 5.91 Å². The van der Waals surface area contributed by atoms with E-state index in [2.05, 4.69) is 5.32 Å². The van der Waals surface area contributed by atoms with Gasteiger partial charge in [-0.3, -0.25) is 4.79 Å². The van der Waals surface area contributed by atoms with E-state index in [1.54, 1.807) is 30.3 Å². The fraction of sp³-hybridized carbons (Fsp3) is 0.0500. The molecule has 1 atom stereocenters. The number of anilines is 1. The highest BCUT2D eigenvalue weighted by Gasteiger charge is 2.24. The van der Waals surface area contributed by atoms with Crippen molar-refractivity contribution in [1.82, 2.24) is 0 Å². The van der Waals surface area contributed by atoms with Crippen molar-refractivity contribution in [3.8, 4) is 5.75 Å². The van der Waals surface area contributed by atoms with Crippen LogP contribution in [0.4, 0.5) is 10.1 Å². The normalized spacial score (nSPS) is 11.6. The number of halogens is 2. The molecule has 3 aromatic rings. The van der Waals surface area contributed by atoms with E-state index in [1.807, 2.05) is 36.4 Å². The highest BCUT2D eigenvalue weighted by Crippen LogP contribution is 2.26. The minimum Gasteiger partial charge on any atom is -0.476 e. The molecule has 0 aliphatic rings. The van der Waals surface area contributed by atoms with Crippen molar-refractivity contribution in [3.63, 3.8) is 0 Å². The molecular weight excluding hydrogens is 341 g/mol. The average Bonchev–Trinajstić information content (AvgIpc) is 2.65. The smallest absolute Gasteiger partial charge is 0.270 e.